The number of thiazole rings is 1. The molecular weight excluding hydrogens is 282 g/mol. The number of hydrogen-bond acceptors (Lipinski definition) is 4. The molecule has 1 aliphatic rings. The predicted octanol–water partition coefficient (Wildman–Crippen LogP) is 3.90. The molecule has 0 aliphatic heterocycles. The van der Waals surface area contributed by atoms with E-state index in [1.807, 2.05) is 24.3 Å². The molecule has 0 atom stereocenters. The lowest BCUT2D eigenvalue weighted by atomic mass is 9.78. The Kier molecular flexibility index (Phi) is 3.57. The zero-order valence-corrected chi connectivity index (χ0v) is 13.4. The van der Waals surface area contributed by atoms with E-state index in [2.05, 4.69) is 13.8 Å². The Labute approximate surface area is 129 Å². The smallest absolute Gasteiger partial charge is 0.175 e. The van der Waals surface area contributed by atoms with Gasteiger partial charge in [-0.2, -0.15) is 0 Å². The maximum absolute atomic E-state index is 12.2. The van der Waals surface area contributed by atoms with Gasteiger partial charge >= 0.3 is 0 Å². The summed E-state index contributed by atoms with van der Waals surface area (Å²) < 4.78 is 5.38. The summed E-state index contributed by atoms with van der Waals surface area (Å²) in [6.07, 6.45) is 2.22. The molecule has 1 aliphatic carbocycles. The van der Waals surface area contributed by atoms with Crippen LogP contribution in [-0.2, 0) is 12.8 Å². The molecule has 21 heavy (non-hydrogen) atoms. The SMILES string of the molecule is COc1ccccc1Cc1nc2c(s1)C(=O)CC(C)(C)C2. The summed E-state index contributed by atoms with van der Waals surface area (Å²) in [4.78, 5) is 17.8. The Hall–Kier alpha value is -1.68. The second kappa shape index (κ2) is 5.26. The van der Waals surface area contributed by atoms with Crippen molar-refractivity contribution in [2.24, 2.45) is 5.41 Å². The summed E-state index contributed by atoms with van der Waals surface area (Å²) in [6.45, 7) is 4.26. The van der Waals surface area contributed by atoms with E-state index in [4.69, 9.17) is 9.72 Å². The molecule has 0 radical (unpaired) electrons. The third-order valence-electron chi connectivity index (χ3n) is 3.81. The first-order valence-electron chi connectivity index (χ1n) is 7.12. The van der Waals surface area contributed by atoms with E-state index in [0.717, 1.165) is 39.7 Å². The van der Waals surface area contributed by atoms with Crippen LogP contribution < -0.4 is 4.74 Å². The molecule has 1 heterocycles. The molecule has 0 saturated carbocycles. The van der Waals surface area contributed by atoms with Gasteiger partial charge in [-0.05, 0) is 17.9 Å². The maximum Gasteiger partial charge on any atom is 0.175 e. The lowest BCUT2D eigenvalue weighted by Gasteiger charge is -2.26. The topological polar surface area (TPSA) is 39.2 Å². The molecule has 1 aromatic carbocycles. The highest BCUT2D eigenvalue weighted by Gasteiger charge is 2.33. The summed E-state index contributed by atoms with van der Waals surface area (Å²) in [6, 6.07) is 7.96. The first-order valence-corrected chi connectivity index (χ1v) is 7.94. The van der Waals surface area contributed by atoms with Crippen molar-refractivity contribution in [3.05, 3.63) is 45.4 Å². The van der Waals surface area contributed by atoms with Crippen LogP contribution in [0.15, 0.2) is 24.3 Å². The van der Waals surface area contributed by atoms with Gasteiger partial charge in [0.2, 0.25) is 0 Å². The molecule has 0 spiro atoms. The Morgan fingerprint density at radius 2 is 2.05 bits per heavy atom. The van der Waals surface area contributed by atoms with Crippen molar-refractivity contribution in [1.29, 1.82) is 0 Å². The Balaban J connectivity index is 1.91. The van der Waals surface area contributed by atoms with Crippen molar-refractivity contribution in [3.8, 4) is 5.75 Å². The minimum atomic E-state index is 0.0276. The fourth-order valence-electron chi connectivity index (χ4n) is 2.86. The molecule has 2 aromatic rings. The molecule has 0 N–H and O–H groups in total. The Morgan fingerprint density at radius 3 is 2.81 bits per heavy atom. The molecule has 0 amide bonds. The number of fused-ring (bicyclic) bond motifs is 1. The second-order valence-corrected chi connectivity index (χ2v) is 7.40. The summed E-state index contributed by atoms with van der Waals surface area (Å²) in [5.41, 5.74) is 2.11. The standard InChI is InChI=1S/C17H19NO2S/c1-17(2)9-12-16(13(19)10-17)21-15(18-12)8-11-6-4-5-7-14(11)20-3/h4-7H,8-10H2,1-3H3. The minimum Gasteiger partial charge on any atom is -0.496 e. The Morgan fingerprint density at radius 1 is 1.29 bits per heavy atom. The zero-order valence-electron chi connectivity index (χ0n) is 12.6. The lowest BCUT2D eigenvalue weighted by Crippen LogP contribution is -2.26. The molecule has 0 bridgehead atoms. The van der Waals surface area contributed by atoms with Crippen LogP contribution in [0.1, 0.15) is 46.2 Å². The largest absolute Gasteiger partial charge is 0.496 e. The van der Waals surface area contributed by atoms with Crippen LogP contribution in [0.3, 0.4) is 0 Å². The normalized spacial score (nSPS) is 16.6. The van der Waals surface area contributed by atoms with E-state index in [1.165, 1.54) is 0 Å². The molecule has 110 valence electrons. The highest BCUT2D eigenvalue weighted by atomic mass is 32.1. The third-order valence-corrected chi connectivity index (χ3v) is 4.95. The van der Waals surface area contributed by atoms with Gasteiger partial charge in [0.15, 0.2) is 5.78 Å². The molecule has 3 nitrogen and oxygen atoms in total. The van der Waals surface area contributed by atoms with Gasteiger partial charge in [0.1, 0.15) is 5.75 Å². The van der Waals surface area contributed by atoms with E-state index in [9.17, 15) is 4.79 Å². The number of carbonyl (C=O) groups is 1. The summed E-state index contributed by atoms with van der Waals surface area (Å²) >= 11 is 1.54. The Bertz CT molecular complexity index is 688. The first-order chi connectivity index (χ1) is 9.98. The number of ether oxygens (including phenoxy) is 1. The van der Waals surface area contributed by atoms with Crippen LogP contribution in [0.5, 0.6) is 5.75 Å². The van der Waals surface area contributed by atoms with Crippen molar-refractivity contribution in [2.45, 2.75) is 33.1 Å². The van der Waals surface area contributed by atoms with Gasteiger partial charge in [0.05, 0.1) is 22.7 Å². The van der Waals surface area contributed by atoms with Crippen molar-refractivity contribution < 1.29 is 9.53 Å². The van der Waals surface area contributed by atoms with Gasteiger partial charge in [-0.3, -0.25) is 4.79 Å². The van der Waals surface area contributed by atoms with Crippen molar-refractivity contribution in [2.75, 3.05) is 7.11 Å². The first kappa shape index (κ1) is 14.3. The molecular formula is C17H19NO2S. The van der Waals surface area contributed by atoms with Gasteiger partial charge in [-0.1, -0.05) is 32.0 Å². The van der Waals surface area contributed by atoms with Crippen molar-refractivity contribution in [3.63, 3.8) is 0 Å². The van der Waals surface area contributed by atoms with E-state index in [0.29, 0.717) is 6.42 Å². The number of methoxy groups -OCH3 is 1. The van der Waals surface area contributed by atoms with Gasteiger partial charge < -0.3 is 4.74 Å². The quantitative estimate of drug-likeness (QED) is 0.863. The van der Waals surface area contributed by atoms with E-state index in [-0.39, 0.29) is 11.2 Å². The monoisotopic (exact) mass is 301 g/mol. The van der Waals surface area contributed by atoms with Gasteiger partial charge in [0, 0.05) is 18.4 Å². The van der Waals surface area contributed by atoms with Crippen LogP contribution in [-0.4, -0.2) is 17.9 Å². The van der Waals surface area contributed by atoms with Crippen molar-refractivity contribution >= 4 is 17.1 Å². The summed E-state index contributed by atoms with van der Waals surface area (Å²) in [5, 5.41) is 0.996. The molecule has 0 fully saturated rings. The summed E-state index contributed by atoms with van der Waals surface area (Å²) in [7, 11) is 1.68. The number of rotatable bonds is 3. The number of Topliss-reactive ketones (excluding diaryl/α,β-unsaturated/α-hetero) is 1. The number of aromatic nitrogens is 1. The van der Waals surface area contributed by atoms with E-state index in [1.54, 1.807) is 18.4 Å². The van der Waals surface area contributed by atoms with Gasteiger partial charge in [-0.25, -0.2) is 4.98 Å². The number of nitrogens with zero attached hydrogens (tertiary/aromatic N) is 1. The zero-order chi connectivity index (χ0) is 15.0. The van der Waals surface area contributed by atoms with Gasteiger partial charge in [-0.15, -0.1) is 11.3 Å². The maximum atomic E-state index is 12.2. The number of ketones is 1. The highest BCUT2D eigenvalue weighted by Crippen LogP contribution is 2.37. The predicted molar refractivity (Wildman–Crippen MR) is 84.3 cm³/mol. The van der Waals surface area contributed by atoms with Gasteiger partial charge in [0.25, 0.3) is 0 Å². The third kappa shape index (κ3) is 2.86. The average molecular weight is 301 g/mol. The van der Waals surface area contributed by atoms with Crippen LogP contribution in [0, 0.1) is 5.41 Å². The molecule has 3 rings (SSSR count). The fraction of sp³-hybridized carbons (Fsp3) is 0.412. The summed E-state index contributed by atoms with van der Waals surface area (Å²) in [5.74, 6) is 1.11. The number of hydrogen-bond donors (Lipinski definition) is 0. The number of para-hydroxylation sites is 1. The van der Waals surface area contributed by atoms with Crippen LogP contribution in [0.2, 0.25) is 0 Å². The molecule has 0 saturated heterocycles. The van der Waals surface area contributed by atoms with Crippen LogP contribution in [0.25, 0.3) is 0 Å². The average Bonchev–Trinajstić information content (AvgIpc) is 2.80. The van der Waals surface area contributed by atoms with Crippen LogP contribution >= 0.6 is 11.3 Å². The number of benzene rings is 1. The molecule has 1 aromatic heterocycles. The fourth-order valence-corrected chi connectivity index (χ4v) is 3.90. The molecule has 0 unspecified atom stereocenters. The second-order valence-electron chi connectivity index (χ2n) is 6.31. The van der Waals surface area contributed by atoms with Crippen LogP contribution in [0.4, 0.5) is 0 Å². The van der Waals surface area contributed by atoms with E-state index < -0.39 is 0 Å². The van der Waals surface area contributed by atoms with E-state index >= 15 is 0 Å². The lowest BCUT2D eigenvalue weighted by molar-refractivity contribution is 0.0916. The highest BCUT2D eigenvalue weighted by molar-refractivity contribution is 7.13. The molecule has 4 heteroatoms. The number of carbonyl (C=O) groups excluding carboxylic acids is 1. The van der Waals surface area contributed by atoms with Crippen molar-refractivity contribution in [1.82, 2.24) is 4.98 Å². The minimum absolute atomic E-state index is 0.0276.